The molecule has 1 saturated heterocycles. The predicted octanol–water partition coefficient (Wildman–Crippen LogP) is 3.07. The topological polar surface area (TPSA) is 26.7 Å². The SMILES string of the molecule is CN(C)CCC1CCCN(c2cc(Br)ccc2F)C1O. The Bertz CT molecular complexity index is 455. The molecule has 0 amide bonds. The lowest BCUT2D eigenvalue weighted by molar-refractivity contribution is 0.0699. The molecular weight excluding hydrogens is 323 g/mol. The van der Waals surface area contributed by atoms with Gasteiger partial charge in [0.2, 0.25) is 0 Å². The van der Waals surface area contributed by atoms with Crippen molar-refractivity contribution in [2.75, 3.05) is 32.1 Å². The monoisotopic (exact) mass is 344 g/mol. The highest BCUT2D eigenvalue weighted by molar-refractivity contribution is 9.10. The van der Waals surface area contributed by atoms with Crippen molar-refractivity contribution < 1.29 is 9.50 Å². The number of halogens is 2. The van der Waals surface area contributed by atoms with E-state index in [2.05, 4.69) is 20.8 Å². The Hall–Kier alpha value is -0.650. The van der Waals surface area contributed by atoms with Gasteiger partial charge in [0.05, 0.1) is 5.69 Å². The second kappa shape index (κ2) is 6.87. The molecule has 3 nitrogen and oxygen atoms in total. The van der Waals surface area contributed by atoms with Gasteiger partial charge in [0, 0.05) is 16.9 Å². The maximum atomic E-state index is 14.0. The van der Waals surface area contributed by atoms with Gasteiger partial charge >= 0.3 is 0 Å². The molecule has 0 aliphatic carbocycles. The zero-order valence-corrected chi connectivity index (χ0v) is 13.6. The Morgan fingerprint density at radius 3 is 2.90 bits per heavy atom. The van der Waals surface area contributed by atoms with Crippen molar-refractivity contribution >= 4 is 21.6 Å². The summed E-state index contributed by atoms with van der Waals surface area (Å²) in [5, 5.41) is 10.5. The molecule has 0 aromatic heterocycles. The molecule has 1 fully saturated rings. The van der Waals surface area contributed by atoms with E-state index in [1.165, 1.54) is 6.07 Å². The highest BCUT2D eigenvalue weighted by atomic mass is 79.9. The molecule has 1 aromatic carbocycles. The van der Waals surface area contributed by atoms with E-state index < -0.39 is 6.23 Å². The van der Waals surface area contributed by atoms with Crippen LogP contribution in [0.15, 0.2) is 22.7 Å². The van der Waals surface area contributed by atoms with Crippen molar-refractivity contribution in [2.45, 2.75) is 25.5 Å². The molecule has 0 radical (unpaired) electrons. The molecule has 1 aliphatic heterocycles. The van der Waals surface area contributed by atoms with Crippen LogP contribution in [0, 0.1) is 11.7 Å². The first-order chi connectivity index (χ1) is 9.49. The zero-order valence-electron chi connectivity index (χ0n) is 12.0. The molecule has 2 atom stereocenters. The molecule has 5 heteroatoms. The van der Waals surface area contributed by atoms with Crippen LogP contribution in [0.4, 0.5) is 10.1 Å². The first-order valence-corrected chi connectivity index (χ1v) is 7.83. The minimum absolute atomic E-state index is 0.199. The summed E-state index contributed by atoms with van der Waals surface area (Å²) in [5.74, 6) is -0.0787. The highest BCUT2D eigenvalue weighted by Gasteiger charge is 2.31. The third kappa shape index (κ3) is 3.71. The second-order valence-electron chi connectivity index (χ2n) is 5.70. The smallest absolute Gasteiger partial charge is 0.146 e. The molecule has 0 bridgehead atoms. The number of anilines is 1. The van der Waals surface area contributed by atoms with Crippen molar-refractivity contribution in [2.24, 2.45) is 5.92 Å². The van der Waals surface area contributed by atoms with Crippen molar-refractivity contribution in [1.82, 2.24) is 4.90 Å². The molecule has 1 N–H and O–H groups in total. The Labute approximate surface area is 128 Å². The summed E-state index contributed by atoms with van der Waals surface area (Å²) < 4.78 is 14.8. The number of nitrogens with zero attached hydrogens (tertiary/aromatic N) is 2. The quantitative estimate of drug-likeness (QED) is 0.909. The summed E-state index contributed by atoms with van der Waals surface area (Å²) in [5.41, 5.74) is 0.487. The van der Waals surface area contributed by atoms with E-state index in [0.717, 1.165) is 30.3 Å². The summed E-state index contributed by atoms with van der Waals surface area (Å²) in [6.45, 7) is 1.64. The van der Waals surface area contributed by atoms with E-state index in [-0.39, 0.29) is 11.7 Å². The fourth-order valence-electron chi connectivity index (χ4n) is 2.75. The molecule has 0 spiro atoms. The van der Waals surface area contributed by atoms with Gasteiger partial charge in [-0.25, -0.2) is 4.39 Å². The predicted molar refractivity (Wildman–Crippen MR) is 83.3 cm³/mol. The lowest BCUT2D eigenvalue weighted by atomic mass is 9.92. The van der Waals surface area contributed by atoms with E-state index >= 15 is 0 Å². The molecule has 20 heavy (non-hydrogen) atoms. The molecule has 0 saturated carbocycles. The summed E-state index contributed by atoms with van der Waals surface area (Å²) in [6, 6.07) is 4.86. The van der Waals surface area contributed by atoms with Crippen LogP contribution in [0.1, 0.15) is 19.3 Å². The summed E-state index contributed by atoms with van der Waals surface area (Å²) >= 11 is 3.37. The molecular formula is C15H22BrFN2O. The summed E-state index contributed by atoms with van der Waals surface area (Å²) in [4.78, 5) is 3.91. The van der Waals surface area contributed by atoms with Crippen LogP contribution in [0.25, 0.3) is 0 Å². The fraction of sp³-hybridized carbons (Fsp3) is 0.600. The number of aliphatic hydroxyl groups is 1. The lowest BCUT2D eigenvalue weighted by Crippen LogP contribution is -2.46. The molecule has 1 heterocycles. The molecule has 2 unspecified atom stereocenters. The van der Waals surface area contributed by atoms with Gasteiger partial charge in [0.15, 0.2) is 0 Å². The average Bonchev–Trinajstić information content (AvgIpc) is 2.40. The van der Waals surface area contributed by atoms with Gasteiger partial charge in [0.25, 0.3) is 0 Å². The molecule has 112 valence electrons. The number of rotatable bonds is 4. The van der Waals surface area contributed by atoms with E-state index in [4.69, 9.17) is 0 Å². The maximum Gasteiger partial charge on any atom is 0.146 e. The van der Waals surface area contributed by atoms with Crippen LogP contribution in [0.2, 0.25) is 0 Å². The average molecular weight is 345 g/mol. The van der Waals surface area contributed by atoms with E-state index in [1.54, 1.807) is 17.0 Å². The van der Waals surface area contributed by atoms with Crippen molar-refractivity contribution in [1.29, 1.82) is 0 Å². The van der Waals surface area contributed by atoms with Gasteiger partial charge in [-0.05, 0) is 58.1 Å². The third-order valence-electron chi connectivity index (χ3n) is 3.88. The number of benzene rings is 1. The van der Waals surface area contributed by atoms with Crippen molar-refractivity contribution in [3.63, 3.8) is 0 Å². The number of aliphatic hydroxyl groups excluding tert-OH is 1. The Morgan fingerprint density at radius 2 is 2.20 bits per heavy atom. The van der Waals surface area contributed by atoms with Gasteiger partial charge in [-0.15, -0.1) is 0 Å². The largest absolute Gasteiger partial charge is 0.373 e. The van der Waals surface area contributed by atoms with Gasteiger partial charge in [0.1, 0.15) is 12.0 Å². The third-order valence-corrected chi connectivity index (χ3v) is 4.37. The first-order valence-electron chi connectivity index (χ1n) is 7.03. The summed E-state index contributed by atoms with van der Waals surface area (Å²) in [6.07, 6.45) is 2.32. The Morgan fingerprint density at radius 1 is 1.45 bits per heavy atom. The van der Waals surface area contributed by atoms with Crippen LogP contribution in [-0.4, -0.2) is 43.4 Å². The van der Waals surface area contributed by atoms with E-state index in [0.29, 0.717) is 12.2 Å². The zero-order chi connectivity index (χ0) is 14.7. The maximum absolute atomic E-state index is 14.0. The van der Waals surface area contributed by atoms with E-state index in [1.807, 2.05) is 14.1 Å². The van der Waals surface area contributed by atoms with Crippen LogP contribution >= 0.6 is 15.9 Å². The molecule has 1 aromatic rings. The lowest BCUT2D eigenvalue weighted by Gasteiger charge is -2.40. The Balaban J connectivity index is 2.13. The van der Waals surface area contributed by atoms with E-state index in [9.17, 15) is 9.50 Å². The molecule has 2 rings (SSSR count). The molecule has 1 aliphatic rings. The Kier molecular flexibility index (Phi) is 5.41. The minimum Gasteiger partial charge on any atom is -0.373 e. The highest BCUT2D eigenvalue weighted by Crippen LogP contribution is 2.32. The minimum atomic E-state index is -0.604. The standard InChI is InChI=1S/C15H22BrFN2O/c1-18(2)9-7-11-4-3-8-19(15(11)20)14-10-12(16)5-6-13(14)17/h5-6,10-11,15,20H,3-4,7-9H2,1-2H3. The van der Waals surface area contributed by atoms with Gasteiger partial charge < -0.3 is 14.9 Å². The number of hydrogen-bond acceptors (Lipinski definition) is 3. The van der Waals surface area contributed by atoms with Crippen LogP contribution in [0.5, 0.6) is 0 Å². The van der Waals surface area contributed by atoms with Crippen LogP contribution in [-0.2, 0) is 0 Å². The van der Waals surface area contributed by atoms with Gasteiger partial charge in [-0.1, -0.05) is 15.9 Å². The number of hydrogen-bond donors (Lipinski definition) is 1. The normalized spacial score (nSPS) is 23.4. The first kappa shape index (κ1) is 15.7. The van der Waals surface area contributed by atoms with Crippen LogP contribution in [0.3, 0.4) is 0 Å². The van der Waals surface area contributed by atoms with Gasteiger partial charge in [-0.3, -0.25) is 0 Å². The number of piperidine rings is 1. The summed E-state index contributed by atoms with van der Waals surface area (Å²) in [7, 11) is 4.06. The van der Waals surface area contributed by atoms with Crippen molar-refractivity contribution in [3.05, 3.63) is 28.5 Å². The fourth-order valence-corrected chi connectivity index (χ4v) is 3.09. The second-order valence-corrected chi connectivity index (χ2v) is 6.61. The van der Waals surface area contributed by atoms with Gasteiger partial charge in [-0.2, -0.15) is 0 Å². The van der Waals surface area contributed by atoms with Crippen LogP contribution < -0.4 is 4.90 Å². The van der Waals surface area contributed by atoms with Crippen molar-refractivity contribution in [3.8, 4) is 0 Å².